The summed E-state index contributed by atoms with van der Waals surface area (Å²) in [5.41, 5.74) is 2.38. The standard InChI is InChI=1S/C14H25N3O2/c1-11(13-8-16-17(3)12(13)2)15-9-14(10-18)4-6-19-7-5-14/h8,11,15,18H,4-7,9-10H2,1-3H3. The summed E-state index contributed by atoms with van der Waals surface area (Å²) >= 11 is 0. The summed E-state index contributed by atoms with van der Waals surface area (Å²) in [6.45, 7) is 6.78. The van der Waals surface area contributed by atoms with Crippen LogP contribution in [0.25, 0.3) is 0 Å². The molecule has 1 aromatic heterocycles. The van der Waals surface area contributed by atoms with Crippen molar-refractivity contribution < 1.29 is 9.84 Å². The van der Waals surface area contributed by atoms with Crippen LogP contribution in [0.1, 0.15) is 37.1 Å². The second-order valence-corrected chi connectivity index (χ2v) is 5.68. The molecule has 0 amide bonds. The van der Waals surface area contributed by atoms with Gasteiger partial charge in [0.05, 0.1) is 12.8 Å². The number of ether oxygens (including phenoxy) is 1. The lowest BCUT2D eigenvalue weighted by Gasteiger charge is -2.36. The molecule has 5 heteroatoms. The maximum absolute atomic E-state index is 9.67. The van der Waals surface area contributed by atoms with Crippen LogP contribution < -0.4 is 5.32 Å². The van der Waals surface area contributed by atoms with E-state index in [-0.39, 0.29) is 18.1 Å². The lowest BCUT2D eigenvalue weighted by atomic mass is 9.80. The number of aliphatic hydroxyl groups is 1. The van der Waals surface area contributed by atoms with Gasteiger partial charge in [-0.25, -0.2) is 0 Å². The van der Waals surface area contributed by atoms with E-state index in [9.17, 15) is 5.11 Å². The minimum atomic E-state index is -0.0252. The second kappa shape index (κ2) is 6.03. The number of hydrogen-bond donors (Lipinski definition) is 2. The van der Waals surface area contributed by atoms with Gasteiger partial charge in [-0.15, -0.1) is 0 Å². The summed E-state index contributed by atoms with van der Waals surface area (Å²) in [5.74, 6) is 0. The molecule has 2 heterocycles. The molecule has 0 radical (unpaired) electrons. The Kier molecular flexibility index (Phi) is 4.60. The summed E-state index contributed by atoms with van der Waals surface area (Å²) in [4.78, 5) is 0. The first-order valence-electron chi connectivity index (χ1n) is 6.98. The topological polar surface area (TPSA) is 59.3 Å². The average molecular weight is 267 g/mol. The molecule has 19 heavy (non-hydrogen) atoms. The van der Waals surface area contributed by atoms with Crippen molar-refractivity contribution in [3.05, 3.63) is 17.5 Å². The van der Waals surface area contributed by atoms with Gasteiger partial charge < -0.3 is 15.2 Å². The van der Waals surface area contributed by atoms with E-state index in [4.69, 9.17) is 4.74 Å². The summed E-state index contributed by atoms with van der Waals surface area (Å²) in [5, 5.41) is 17.5. The Balaban J connectivity index is 1.95. The SMILES string of the molecule is Cc1c(C(C)NCC2(CO)CCOCC2)cnn1C. The van der Waals surface area contributed by atoms with Crippen molar-refractivity contribution in [2.75, 3.05) is 26.4 Å². The monoisotopic (exact) mass is 267 g/mol. The van der Waals surface area contributed by atoms with Gasteiger partial charge in [-0.05, 0) is 26.7 Å². The fourth-order valence-corrected chi connectivity index (χ4v) is 2.62. The van der Waals surface area contributed by atoms with Gasteiger partial charge in [0.15, 0.2) is 0 Å². The molecule has 0 aromatic carbocycles. The first-order valence-corrected chi connectivity index (χ1v) is 6.98. The maximum Gasteiger partial charge on any atom is 0.0540 e. The minimum Gasteiger partial charge on any atom is -0.396 e. The van der Waals surface area contributed by atoms with E-state index < -0.39 is 0 Å². The number of nitrogens with zero attached hydrogens (tertiary/aromatic N) is 2. The Morgan fingerprint density at radius 2 is 2.21 bits per heavy atom. The highest BCUT2D eigenvalue weighted by Gasteiger charge is 2.32. The quantitative estimate of drug-likeness (QED) is 0.841. The van der Waals surface area contributed by atoms with E-state index in [1.165, 1.54) is 11.3 Å². The number of rotatable bonds is 5. The van der Waals surface area contributed by atoms with Crippen LogP contribution in [0.2, 0.25) is 0 Å². The molecule has 2 N–H and O–H groups in total. The third kappa shape index (κ3) is 3.16. The smallest absolute Gasteiger partial charge is 0.0540 e. The number of hydrogen-bond acceptors (Lipinski definition) is 4. The Morgan fingerprint density at radius 3 is 2.74 bits per heavy atom. The Labute approximate surface area is 115 Å². The van der Waals surface area contributed by atoms with E-state index in [0.29, 0.717) is 0 Å². The fourth-order valence-electron chi connectivity index (χ4n) is 2.62. The van der Waals surface area contributed by atoms with Crippen LogP contribution >= 0.6 is 0 Å². The van der Waals surface area contributed by atoms with Gasteiger partial charge in [0.1, 0.15) is 0 Å². The molecule has 0 bridgehead atoms. The van der Waals surface area contributed by atoms with Crippen LogP contribution in [0, 0.1) is 12.3 Å². The highest BCUT2D eigenvalue weighted by atomic mass is 16.5. The van der Waals surface area contributed by atoms with Crippen LogP contribution in [-0.4, -0.2) is 41.3 Å². The van der Waals surface area contributed by atoms with Crippen molar-refractivity contribution in [1.29, 1.82) is 0 Å². The summed E-state index contributed by atoms with van der Waals surface area (Å²) in [6, 6.07) is 0.250. The van der Waals surface area contributed by atoms with E-state index in [2.05, 4.69) is 24.3 Å². The van der Waals surface area contributed by atoms with Gasteiger partial charge in [-0.3, -0.25) is 4.68 Å². The predicted octanol–water partition coefficient (Wildman–Crippen LogP) is 1.17. The van der Waals surface area contributed by atoms with Gasteiger partial charge >= 0.3 is 0 Å². The molecular formula is C14H25N3O2. The zero-order valence-corrected chi connectivity index (χ0v) is 12.1. The predicted molar refractivity (Wildman–Crippen MR) is 73.9 cm³/mol. The zero-order valence-electron chi connectivity index (χ0n) is 12.1. The molecule has 0 spiro atoms. The van der Waals surface area contributed by atoms with Crippen molar-refractivity contribution in [2.45, 2.75) is 32.7 Å². The molecule has 2 rings (SSSR count). The van der Waals surface area contributed by atoms with Gasteiger partial charge in [-0.1, -0.05) is 0 Å². The van der Waals surface area contributed by atoms with Crippen LogP contribution in [0.3, 0.4) is 0 Å². The van der Waals surface area contributed by atoms with Gasteiger partial charge in [0.25, 0.3) is 0 Å². The maximum atomic E-state index is 9.67. The molecule has 1 aromatic rings. The number of aryl methyl sites for hydroxylation is 1. The molecule has 1 atom stereocenters. The Hall–Kier alpha value is -0.910. The molecule has 108 valence electrons. The van der Waals surface area contributed by atoms with E-state index in [1.807, 2.05) is 17.9 Å². The molecule has 1 aliphatic rings. The molecular weight excluding hydrogens is 242 g/mol. The first kappa shape index (κ1) is 14.5. The third-order valence-electron chi connectivity index (χ3n) is 4.41. The van der Waals surface area contributed by atoms with Crippen molar-refractivity contribution in [3.63, 3.8) is 0 Å². The van der Waals surface area contributed by atoms with Gasteiger partial charge in [-0.2, -0.15) is 5.10 Å². The van der Waals surface area contributed by atoms with Crippen molar-refractivity contribution in [2.24, 2.45) is 12.5 Å². The number of nitrogens with one attached hydrogen (secondary N) is 1. The van der Waals surface area contributed by atoms with Crippen molar-refractivity contribution in [3.8, 4) is 0 Å². The highest BCUT2D eigenvalue weighted by molar-refractivity contribution is 5.19. The number of aromatic nitrogens is 2. The molecule has 1 aliphatic heterocycles. The average Bonchev–Trinajstić information content (AvgIpc) is 2.77. The molecule has 1 fully saturated rings. The minimum absolute atomic E-state index is 0.0252. The van der Waals surface area contributed by atoms with E-state index in [1.54, 1.807) is 0 Å². The Bertz CT molecular complexity index is 411. The van der Waals surface area contributed by atoms with Crippen LogP contribution in [0.15, 0.2) is 6.20 Å². The summed E-state index contributed by atoms with van der Waals surface area (Å²) in [7, 11) is 1.96. The van der Waals surface area contributed by atoms with E-state index >= 15 is 0 Å². The van der Waals surface area contributed by atoms with Crippen molar-refractivity contribution >= 4 is 0 Å². The highest BCUT2D eigenvalue weighted by Crippen LogP contribution is 2.30. The molecule has 5 nitrogen and oxygen atoms in total. The second-order valence-electron chi connectivity index (χ2n) is 5.68. The fraction of sp³-hybridized carbons (Fsp3) is 0.786. The lowest BCUT2D eigenvalue weighted by molar-refractivity contribution is -0.0163. The molecule has 0 aliphatic carbocycles. The van der Waals surface area contributed by atoms with Crippen LogP contribution in [0.4, 0.5) is 0 Å². The van der Waals surface area contributed by atoms with Crippen molar-refractivity contribution in [1.82, 2.24) is 15.1 Å². The van der Waals surface area contributed by atoms with E-state index in [0.717, 1.165) is 32.6 Å². The normalized spacial score (nSPS) is 20.4. The molecule has 0 saturated carbocycles. The molecule has 1 unspecified atom stereocenters. The van der Waals surface area contributed by atoms with Gasteiger partial charge in [0.2, 0.25) is 0 Å². The van der Waals surface area contributed by atoms with Crippen LogP contribution in [0.5, 0.6) is 0 Å². The Morgan fingerprint density at radius 1 is 1.53 bits per heavy atom. The lowest BCUT2D eigenvalue weighted by Crippen LogP contribution is -2.42. The summed E-state index contributed by atoms with van der Waals surface area (Å²) in [6.07, 6.45) is 3.77. The number of aliphatic hydroxyl groups excluding tert-OH is 1. The van der Waals surface area contributed by atoms with Gasteiger partial charge in [0, 0.05) is 49.5 Å². The molecule has 1 saturated heterocycles. The largest absolute Gasteiger partial charge is 0.396 e. The zero-order chi connectivity index (χ0) is 13.9. The summed E-state index contributed by atoms with van der Waals surface area (Å²) < 4.78 is 7.28. The van der Waals surface area contributed by atoms with Crippen LogP contribution in [-0.2, 0) is 11.8 Å². The first-order chi connectivity index (χ1) is 9.08. The third-order valence-corrected chi connectivity index (χ3v) is 4.41.